The van der Waals surface area contributed by atoms with Gasteiger partial charge < -0.3 is 11.1 Å². The highest BCUT2D eigenvalue weighted by molar-refractivity contribution is 5.94. The highest BCUT2D eigenvalue weighted by Crippen LogP contribution is 2.06. The van der Waals surface area contributed by atoms with Crippen LogP contribution in [0, 0.1) is 5.92 Å². The minimum Gasteiger partial charge on any atom is -0.399 e. The van der Waals surface area contributed by atoms with Crippen molar-refractivity contribution in [3.8, 4) is 0 Å². The molecule has 0 spiro atoms. The maximum Gasteiger partial charge on any atom is 0.251 e. The van der Waals surface area contributed by atoms with E-state index in [1.807, 2.05) is 0 Å². The quantitative estimate of drug-likeness (QED) is 0.629. The zero-order chi connectivity index (χ0) is 12.0. The van der Waals surface area contributed by atoms with E-state index in [1.165, 1.54) is 0 Å². The van der Waals surface area contributed by atoms with Gasteiger partial charge in [0, 0.05) is 17.8 Å². The summed E-state index contributed by atoms with van der Waals surface area (Å²) < 4.78 is 0. The summed E-state index contributed by atoms with van der Waals surface area (Å²) in [6.07, 6.45) is 2.17. The average Bonchev–Trinajstić information content (AvgIpc) is 2.25. The summed E-state index contributed by atoms with van der Waals surface area (Å²) in [5.74, 6) is 0.664. The highest BCUT2D eigenvalue weighted by atomic mass is 35.5. The number of hydrogen-bond acceptors (Lipinski definition) is 2. The van der Waals surface area contributed by atoms with E-state index >= 15 is 0 Å². The first-order valence-corrected chi connectivity index (χ1v) is 5.73. The van der Waals surface area contributed by atoms with Crippen molar-refractivity contribution < 1.29 is 4.79 Å². The van der Waals surface area contributed by atoms with Gasteiger partial charge in [-0.05, 0) is 43.0 Å². The van der Waals surface area contributed by atoms with Crippen LogP contribution >= 0.6 is 12.4 Å². The Morgan fingerprint density at radius 1 is 1.29 bits per heavy atom. The Kier molecular flexibility index (Phi) is 7.39. The topological polar surface area (TPSA) is 55.1 Å². The van der Waals surface area contributed by atoms with E-state index in [1.54, 1.807) is 24.3 Å². The van der Waals surface area contributed by atoms with Crippen LogP contribution in [0.25, 0.3) is 0 Å². The molecule has 0 aromatic heterocycles. The maximum absolute atomic E-state index is 11.6. The number of carbonyl (C=O) groups is 1. The minimum absolute atomic E-state index is 0. The molecule has 0 aliphatic heterocycles. The third-order valence-electron chi connectivity index (χ3n) is 2.42. The van der Waals surface area contributed by atoms with Crippen LogP contribution in [0.1, 0.15) is 37.0 Å². The summed E-state index contributed by atoms with van der Waals surface area (Å²) >= 11 is 0. The highest BCUT2D eigenvalue weighted by Gasteiger charge is 2.03. The SMILES string of the molecule is CC(C)CCCNC(=O)c1ccc(N)cc1.Cl. The lowest BCUT2D eigenvalue weighted by molar-refractivity contribution is 0.0952. The van der Waals surface area contributed by atoms with Crippen molar-refractivity contribution in [1.82, 2.24) is 5.32 Å². The molecule has 0 aliphatic rings. The summed E-state index contributed by atoms with van der Waals surface area (Å²) in [4.78, 5) is 11.6. The van der Waals surface area contributed by atoms with Crippen LogP contribution in [0.5, 0.6) is 0 Å². The first kappa shape index (κ1) is 15.8. The number of hydrogen-bond donors (Lipinski definition) is 2. The van der Waals surface area contributed by atoms with Crippen LogP contribution in [-0.2, 0) is 0 Å². The number of amides is 1. The molecule has 3 N–H and O–H groups in total. The number of benzene rings is 1. The van der Waals surface area contributed by atoms with Crippen LogP contribution in [0.2, 0.25) is 0 Å². The molecule has 1 amide bonds. The lowest BCUT2D eigenvalue weighted by Gasteiger charge is -2.07. The molecule has 0 fully saturated rings. The molecule has 0 radical (unpaired) electrons. The summed E-state index contributed by atoms with van der Waals surface area (Å²) in [6.45, 7) is 5.10. The normalized spacial score (nSPS) is 9.82. The predicted octanol–water partition coefficient (Wildman–Crippen LogP) is 2.86. The van der Waals surface area contributed by atoms with Crippen LogP contribution < -0.4 is 11.1 Å². The largest absolute Gasteiger partial charge is 0.399 e. The second-order valence-corrected chi connectivity index (χ2v) is 4.41. The van der Waals surface area contributed by atoms with Gasteiger partial charge in [-0.25, -0.2) is 0 Å². The molecule has 3 nitrogen and oxygen atoms in total. The molecule has 0 aliphatic carbocycles. The van der Waals surface area contributed by atoms with E-state index in [9.17, 15) is 4.79 Å². The van der Waals surface area contributed by atoms with E-state index in [-0.39, 0.29) is 18.3 Å². The molecule has 0 unspecified atom stereocenters. The van der Waals surface area contributed by atoms with Crippen LogP contribution in [0.3, 0.4) is 0 Å². The van der Waals surface area contributed by atoms with Gasteiger partial charge in [-0.2, -0.15) is 0 Å². The van der Waals surface area contributed by atoms with Gasteiger partial charge in [-0.15, -0.1) is 12.4 Å². The molecule has 1 aromatic carbocycles. The monoisotopic (exact) mass is 256 g/mol. The molecule has 0 atom stereocenters. The van der Waals surface area contributed by atoms with Crippen molar-refractivity contribution in [2.45, 2.75) is 26.7 Å². The third kappa shape index (κ3) is 6.17. The van der Waals surface area contributed by atoms with Crippen LogP contribution in [-0.4, -0.2) is 12.5 Å². The fourth-order valence-electron chi connectivity index (χ4n) is 1.45. The molecule has 0 heterocycles. The van der Waals surface area contributed by atoms with Crippen molar-refractivity contribution in [3.05, 3.63) is 29.8 Å². The number of nitrogen functional groups attached to an aromatic ring is 1. The van der Waals surface area contributed by atoms with E-state index in [0.29, 0.717) is 17.2 Å². The zero-order valence-electron chi connectivity index (χ0n) is 10.4. The second-order valence-electron chi connectivity index (χ2n) is 4.41. The van der Waals surface area contributed by atoms with Crippen molar-refractivity contribution >= 4 is 24.0 Å². The average molecular weight is 257 g/mol. The van der Waals surface area contributed by atoms with Gasteiger partial charge >= 0.3 is 0 Å². The van der Waals surface area contributed by atoms with Crippen LogP contribution in [0.4, 0.5) is 5.69 Å². The number of nitrogens with one attached hydrogen (secondary N) is 1. The third-order valence-corrected chi connectivity index (χ3v) is 2.42. The number of rotatable bonds is 5. The maximum atomic E-state index is 11.6. The summed E-state index contributed by atoms with van der Waals surface area (Å²) in [5.41, 5.74) is 6.89. The Morgan fingerprint density at radius 3 is 2.41 bits per heavy atom. The molecule has 1 rings (SSSR count). The Morgan fingerprint density at radius 2 is 1.88 bits per heavy atom. The molecule has 0 saturated heterocycles. The van der Waals surface area contributed by atoms with Gasteiger partial charge in [0.25, 0.3) is 5.91 Å². The van der Waals surface area contributed by atoms with Crippen molar-refractivity contribution in [2.24, 2.45) is 5.92 Å². The molecule has 4 heteroatoms. The van der Waals surface area contributed by atoms with E-state index in [4.69, 9.17) is 5.73 Å². The zero-order valence-corrected chi connectivity index (χ0v) is 11.2. The molecular weight excluding hydrogens is 236 g/mol. The Bertz CT molecular complexity index is 336. The van der Waals surface area contributed by atoms with Gasteiger partial charge in [0.05, 0.1) is 0 Å². The van der Waals surface area contributed by atoms with Crippen molar-refractivity contribution in [1.29, 1.82) is 0 Å². The molecule has 96 valence electrons. The fourth-order valence-corrected chi connectivity index (χ4v) is 1.45. The fraction of sp³-hybridized carbons (Fsp3) is 0.462. The Hall–Kier alpha value is -1.22. The first-order chi connectivity index (χ1) is 7.59. The Balaban J connectivity index is 0.00000256. The number of carbonyl (C=O) groups excluding carboxylic acids is 1. The minimum atomic E-state index is -0.0243. The first-order valence-electron chi connectivity index (χ1n) is 5.73. The van der Waals surface area contributed by atoms with Crippen LogP contribution in [0.15, 0.2) is 24.3 Å². The molecule has 17 heavy (non-hydrogen) atoms. The van der Waals surface area contributed by atoms with Gasteiger partial charge in [-0.3, -0.25) is 4.79 Å². The van der Waals surface area contributed by atoms with Gasteiger partial charge in [0.15, 0.2) is 0 Å². The lowest BCUT2D eigenvalue weighted by atomic mass is 10.1. The van der Waals surface area contributed by atoms with Crippen molar-refractivity contribution in [3.63, 3.8) is 0 Å². The number of nitrogens with two attached hydrogens (primary N) is 1. The smallest absolute Gasteiger partial charge is 0.251 e. The van der Waals surface area contributed by atoms with E-state index in [2.05, 4.69) is 19.2 Å². The van der Waals surface area contributed by atoms with E-state index in [0.717, 1.165) is 19.4 Å². The number of anilines is 1. The molecule has 1 aromatic rings. The number of halogens is 1. The van der Waals surface area contributed by atoms with Crippen molar-refractivity contribution in [2.75, 3.05) is 12.3 Å². The summed E-state index contributed by atoms with van der Waals surface area (Å²) in [7, 11) is 0. The van der Waals surface area contributed by atoms with Gasteiger partial charge in [-0.1, -0.05) is 13.8 Å². The molecular formula is C13H21ClN2O. The molecule has 0 bridgehead atoms. The molecule has 0 saturated carbocycles. The standard InChI is InChI=1S/C13H20N2O.ClH/c1-10(2)4-3-9-15-13(16)11-5-7-12(14)8-6-11;/h5-8,10H,3-4,9,14H2,1-2H3,(H,15,16);1H. The Labute approximate surface area is 109 Å². The lowest BCUT2D eigenvalue weighted by Crippen LogP contribution is -2.24. The van der Waals surface area contributed by atoms with Gasteiger partial charge in [0.1, 0.15) is 0 Å². The summed E-state index contributed by atoms with van der Waals surface area (Å²) in [5, 5.41) is 2.89. The predicted molar refractivity (Wildman–Crippen MR) is 74.5 cm³/mol. The summed E-state index contributed by atoms with van der Waals surface area (Å²) in [6, 6.07) is 6.96. The second kappa shape index (κ2) is 7.96. The van der Waals surface area contributed by atoms with Gasteiger partial charge in [0.2, 0.25) is 0 Å². The van der Waals surface area contributed by atoms with E-state index < -0.39 is 0 Å².